The molecule has 4 rings (SSSR count). The smallest absolute Gasteiger partial charge is 0.248 e. The fourth-order valence-electron chi connectivity index (χ4n) is 3.18. The van der Waals surface area contributed by atoms with Crippen molar-refractivity contribution in [2.24, 2.45) is 5.73 Å². The lowest BCUT2D eigenvalue weighted by Crippen LogP contribution is -2.36. The van der Waals surface area contributed by atoms with Crippen LogP contribution < -0.4 is 10.6 Å². The first-order valence-corrected chi connectivity index (χ1v) is 7.63. The van der Waals surface area contributed by atoms with Crippen molar-refractivity contribution < 1.29 is 9.90 Å². The van der Waals surface area contributed by atoms with E-state index >= 15 is 0 Å². The second-order valence-corrected chi connectivity index (χ2v) is 5.89. The number of nitrogens with two attached hydrogens (primary N) is 1. The molecule has 7 heteroatoms. The maximum atomic E-state index is 11.5. The lowest BCUT2D eigenvalue weighted by atomic mass is 10.1. The number of anilines is 1. The van der Waals surface area contributed by atoms with Crippen molar-refractivity contribution in [1.82, 2.24) is 15.0 Å². The number of nitrogens with zero attached hydrogens (tertiary/aromatic N) is 3. The van der Waals surface area contributed by atoms with Gasteiger partial charge in [0.2, 0.25) is 5.91 Å². The first-order valence-electron chi connectivity index (χ1n) is 7.63. The molecule has 1 amide bonds. The van der Waals surface area contributed by atoms with Crippen LogP contribution in [0.5, 0.6) is 0 Å². The molecule has 23 heavy (non-hydrogen) atoms. The number of piperidine rings is 1. The van der Waals surface area contributed by atoms with Crippen LogP contribution in [0.3, 0.4) is 0 Å². The number of hydrogen-bond donors (Lipinski definition) is 3. The third-order valence-electron chi connectivity index (χ3n) is 4.42. The van der Waals surface area contributed by atoms with Crippen LogP contribution in [0.15, 0.2) is 24.5 Å². The fraction of sp³-hybridized carbons (Fsp3) is 0.312. The van der Waals surface area contributed by atoms with Crippen molar-refractivity contribution in [3.05, 3.63) is 30.1 Å². The normalized spacial score (nSPS) is 16.3. The van der Waals surface area contributed by atoms with E-state index < -0.39 is 5.91 Å². The standard InChI is InChI=1S/C16H17N5O2/c17-14(23)9-1-2-12-11(7-9)13-15(20-12)18-8-19-16(13)21-5-3-10(22)4-6-21/h1-2,7-8,10,22H,3-6H2,(H2,17,23)(H,18,19,20). The van der Waals surface area contributed by atoms with Crippen LogP contribution >= 0.6 is 0 Å². The number of rotatable bonds is 2. The Hall–Kier alpha value is -2.67. The van der Waals surface area contributed by atoms with Crippen molar-refractivity contribution >= 4 is 33.7 Å². The number of hydrogen-bond acceptors (Lipinski definition) is 5. The summed E-state index contributed by atoms with van der Waals surface area (Å²) in [4.78, 5) is 25.6. The summed E-state index contributed by atoms with van der Waals surface area (Å²) in [6, 6.07) is 5.31. The molecule has 1 aliphatic heterocycles. The monoisotopic (exact) mass is 311 g/mol. The molecular formula is C16H17N5O2. The predicted molar refractivity (Wildman–Crippen MR) is 87.4 cm³/mol. The maximum Gasteiger partial charge on any atom is 0.248 e. The number of carbonyl (C=O) groups is 1. The highest BCUT2D eigenvalue weighted by Gasteiger charge is 2.22. The van der Waals surface area contributed by atoms with Gasteiger partial charge in [-0.3, -0.25) is 4.79 Å². The fourth-order valence-corrected chi connectivity index (χ4v) is 3.18. The van der Waals surface area contributed by atoms with Gasteiger partial charge in [0.25, 0.3) is 0 Å². The summed E-state index contributed by atoms with van der Waals surface area (Å²) in [5.41, 5.74) is 7.48. The Balaban J connectivity index is 1.92. The molecule has 7 nitrogen and oxygen atoms in total. The Labute approximate surface area is 132 Å². The van der Waals surface area contributed by atoms with Crippen LogP contribution in [-0.2, 0) is 0 Å². The molecule has 3 heterocycles. The summed E-state index contributed by atoms with van der Waals surface area (Å²) >= 11 is 0. The number of aliphatic hydroxyl groups is 1. The number of primary amides is 1. The molecule has 3 aromatic rings. The topological polar surface area (TPSA) is 108 Å². The van der Waals surface area contributed by atoms with E-state index in [1.54, 1.807) is 12.1 Å². The van der Waals surface area contributed by atoms with E-state index in [0.717, 1.165) is 53.7 Å². The summed E-state index contributed by atoms with van der Waals surface area (Å²) in [5, 5.41) is 11.5. The maximum absolute atomic E-state index is 11.5. The number of fused-ring (bicyclic) bond motifs is 3. The van der Waals surface area contributed by atoms with Gasteiger partial charge in [0.15, 0.2) is 0 Å². The predicted octanol–water partition coefficient (Wildman–Crippen LogP) is 1.17. The molecule has 2 aromatic heterocycles. The molecule has 0 unspecified atom stereocenters. The number of aromatic amines is 1. The van der Waals surface area contributed by atoms with Gasteiger partial charge in [0.1, 0.15) is 17.8 Å². The van der Waals surface area contributed by atoms with E-state index in [1.165, 1.54) is 6.33 Å². The van der Waals surface area contributed by atoms with Crippen molar-refractivity contribution in [1.29, 1.82) is 0 Å². The summed E-state index contributed by atoms with van der Waals surface area (Å²) in [6.07, 6.45) is 2.74. The number of carbonyl (C=O) groups excluding carboxylic acids is 1. The molecule has 0 radical (unpaired) electrons. The van der Waals surface area contributed by atoms with Crippen LogP contribution in [0.4, 0.5) is 5.82 Å². The third kappa shape index (κ3) is 2.29. The van der Waals surface area contributed by atoms with Crippen molar-refractivity contribution in [2.75, 3.05) is 18.0 Å². The van der Waals surface area contributed by atoms with Gasteiger partial charge in [0.05, 0.1) is 11.5 Å². The highest BCUT2D eigenvalue weighted by molar-refractivity contribution is 6.13. The van der Waals surface area contributed by atoms with E-state index in [2.05, 4.69) is 19.9 Å². The number of aliphatic hydroxyl groups excluding tert-OH is 1. The molecule has 0 bridgehead atoms. The molecule has 0 atom stereocenters. The minimum atomic E-state index is -0.458. The largest absolute Gasteiger partial charge is 0.393 e. The van der Waals surface area contributed by atoms with E-state index in [1.807, 2.05) is 6.07 Å². The first-order chi connectivity index (χ1) is 11.1. The lowest BCUT2D eigenvalue weighted by Gasteiger charge is -2.30. The van der Waals surface area contributed by atoms with Gasteiger partial charge in [-0.05, 0) is 31.0 Å². The summed E-state index contributed by atoms with van der Waals surface area (Å²) in [6.45, 7) is 1.49. The van der Waals surface area contributed by atoms with E-state index in [-0.39, 0.29) is 6.10 Å². The number of amides is 1. The molecular weight excluding hydrogens is 294 g/mol. The van der Waals surface area contributed by atoms with E-state index in [9.17, 15) is 9.90 Å². The summed E-state index contributed by atoms with van der Waals surface area (Å²) in [7, 11) is 0. The Kier molecular flexibility index (Phi) is 3.16. The van der Waals surface area contributed by atoms with Crippen LogP contribution in [0, 0.1) is 0 Å². The highest BCUT2D eigenvalue weighted by atomic mass is 16.3. The van der Waals surface area contributed by atoms with Crippen molar-refractivity contribution in [3.63, 3.8) is 0 Å². The number of nitrogens with one attached hydrogen (secondary N) is 1. The van der Waals surface area contributed by atoms with Gasteiger partial charge in [0, 0.05) is 29.6 Å². The zero-order chi connectivity index (χ0) is 16.0. The van der Waals surface area contributed by atoms with Crippen molar-refractivity contribution in [2.45, 2.75) is 18.9 Å². The Bertz CT molecular complexity index is 896. The minimum absolute atomic E-state index is 0.243. The molecule has 0 aliphatic carbocycles. The van der Waals surface area contributed by atoms with Crippen LogP contribution in [0.1, 0.15) is 23.2 Å². The average Bonchev–Trinajstić information content (AvgIpc) is 2.93. The number of benzene rings is 1. The highest BCUT2D eigenvalue weighted by Crippen LogP contribution is 2.32. The quantitative estimate of drug-likeness (QED) is 0.658. The van der Waals surface area contributed by atoms with E-state index in [4.69, 9.17) is 5.73 Å². The summed E-state index contributed by atoms with van der Waals surface area (Å²) in [5.74, 6) is 0.371. The Morgan fingerprint density at radius 3 is 2.83 bits per heavy atom. The molecule has 0 spiro atoms. The number of H-pyrrole nitrogens is 1. The van der Waals surface area contributed by atoms with Crippen LogP contribution in [0.2, 0.25) is 0 Å². The SMILES string of the molecule is NC(=O)c1ccc2[nH]c3ncnc(N4CCC(O)CC4)c3c2c1. The first kappa shape index (κ1) is 14.0. The van der Waals surface area contributed by atoms with E-state index in [0.29, 0.717) is 5.56 Å². The second-order valence-electron chi connectivity index (χ2n) is 5.89. The van der Waals surface area contributed by atoms with Gasteiger partial charge in [-0.1, -0.05) is 0 Å². The van der Waals surface area contributed by atoms with Crippen molar-refractivity contribution in [3.8, 4) is 0 Å². The summed E-state index contributed by atoms with van der Waals surface area (Å²) < 4.78 is 0. The Morgan fingerprint density at radius 1 is 1.30 bits per heavy atom. The zero-order valence-corrected chi connectivity index (χ0v) is 12.5. The van der Waals surface area contributed by atoms with Gasteiger partial charge in [-0.25, -0.2) is 9.97 Å². The van der Waals surface area contributed by atoms with Crippen LogP contribution in [-0.4, -0.2) is 45.2 Å². The minimum Gasteiger partial charge on any atom is -0.393 e. The van der Waals surface area contributed by atoms with Crippen LogP contribution in [0.25, 0.3) is 21.9 Å². The second kappa shape index (κ2) is 5.20. The molecule has 1 fully saturated rings. The Morgan fingerprint density at radius 2 is 2.09 bits per heavy atom. The molecule has 118 valence electrons. The number of aromatic nitrogens is 3. The van der Waals surface area contributed by atoms with Gasteiger partial charge in [-0.2, -0.15) is 0 Å². The zero-order valence-electron chi connectivity index (χ0n) is 12.5. The third-order valence-corrected chi connectivity index (χ3v) is 4.42. The molecule has 4 N–H and O–H groups in total. The van der Waals surface area contributed by atoms with Gasteiger partial charge < -0.3 is 20.7 Å². The molecule has 1 saturated heterocycles. The van der Waals surface area contributed by atoms with Gasteiger partial charge in [-0.15, -0.1) is 0 Å². The lowest BCUT2D eigenvalue weighted by molar-refractivity contribution is 0.100. The molecule has 1 aromatic carbocycles. The molecule has 0 saturated carbocycles. The molecule has 1 aliphatic rings. The van der Waals surface area contributed by atoms with Gasteiger partial charge >= 0.3 is 0 Å². The average molecular weight is 311 g/mol.